The Balaban J connectivity index is 1.85. The summed E-state index contributed by atoms with van der Waals surface area (Å²) in [4.78, 5) is 12.1. The molecule has 1 aromatic carbocycles. The Kier molecular flexibility index (Phi) is 6.40. The fourth-order valence-electron chi connectivity index (χ4n) is 2.56. The minimum absolute atomic E-state index is 0.0243. The monoisotopic (exact) mass is 318 g/mol. The number of hydrogen-bond donors (Lipinski definition) is 2. The van der Waals surface area contributed by atoms with Crippen LogP contribution in [0.25, 0.3) is 0 Å². The Hall–Kier alpha value is -1.88. The molecule has 0 bridgehead atoms. The minimum Gasteiger partial charge on any atom is -0.489 e. The SMILES string of the molecule is C=CCOc1cccc(NC(=S)NC(=O)C2CCCCC2)c1. The van der Waals surface area contributed by atoms with Gasteiger partial charge in [-0.05, 0) is 37.2 Å². The third-order valence-electron chi connectivity index (χ3n) is 3.67. The molecule has 1 saturated carbocycles. The van der Waals surface area contributed by atoms with Crippen LogP contribution in [0.5, 0.6) is 5.75 Å². The second kappa shape index (κ2) is 8.54. The lowest BCUT2D eigenvalue weighted by atomic mass is 9.89. The normalized spacial score (nSPS) is 14.9. The molecule has 0 spiro atoms. The van der Waals surface area contributed by atoms with Gasteiger partial charge in [-0.25, -0.2) is 0 Å². The van der Waals surface area contributed by atoms with Gasteiger partial charge in [-0.3, -0.25) is 4.79 Å². The lowest BCUT2D eigenvalue weighted by Gasteiger charge is -2.21. The molecule has 0 radical (unpaired) electrons. The summed E-state index contributed by atoms with van der Waals surface area (Å²) in [5.74, 6) is 0.846. The highest BCUT2D eigenvalue weighted by Gasteiger charge is 2.21. The number of ether oxygens (including phenoxy) is 1. The quantitative estimate of drug-likeness (QED) is 0.643. The van der Waals surface area contributed by atoms with E-state index in [1.165, 1.54) is 6.42 Å². The van der Waals surface area contributed by atoms with Crippen molar-refractivity contribution >= 4 is 28.9 Å². The van der Waals surface area contributed by atoms with Crippen molar-refractivity contribution in [3.05, 3.63) is 36.9 Å². The summed E-state index contributed by atoms with van der Waals surface area (Å²) >= 11 is 5.21. The molecule has 0 atom stereocenters. The molecule has 22 heavy (non-hydrogen) atoms. The van der Waals surface area contributed by atoms with Gasteiger partial charge < -0.3 is 15.4 Å². The van der Waals surface area contributed by atoms with Crippen molar-refractivity contribution in [2.75, 3.05) is 11.9 Å². The number of amides is 1. The van der Waals surface area contributed by atoms with Gasteiger partial charge in [0.25, 0.3) is 0 Å². The Morgan fingerprint density at radius 3 is 2.86 bits per heavy atom. The molecule has 4 nitrogen and oxygen atoms in total. The molecule has 118 valence electrons. The van der Waals surface area contributed by atoms with Crippen LogP contribution in [0, 0.1) is 5.92 Å². The second-order valence-electron chi connectivity index (χ2n) is 5.41. The van der Waals surface area contributed by atoms with Crippen molar-refractivity contribution in [1.29, 1.82) is 0 Å². The molecule has 1 fully saturated rings. The maximum absolute atomic E-state index is 12.1. The summed E-state index contributed by atoms with van der Waals surface area (Å²) in [5.41, 5.74) is 0.788. The molecule has 1 aromatic rings. The zero-order valence-corrected chi connectivity index (χ0v) is 13.5. The first-order valence-electron chi connectivity index (χ1n) is 7.64. The summed E-state index contributed by atoms with van der Waals surface area (Å²) in [7, 11) is 0. The number of rotatable bonds is 5. The van der Waals surface area contributed by atoms with E-state index in [1.54, 1.807) is 6.08 Å². The summed E-state index contributed by atoms with van der Waals surface area (Å²) < 4.78 is 5.46. The molecule has 5 heteroatoms. The van der Waals surface area contributed by atoms with Crippen LogP contribution in [0.15, 0.2) is 36.9 Å². The average Bonchev–Trinajstić information content (AvgIpc) is 2.54. The van der Waals surface area contributed by atoms with E-state index in [9.17, 15) is 4.79 Å². The van der Waals surface area contributed by atoms with Crippen LogP contribution in [0.1, 0.15) is 32.1 Å². The molecule has 2 rings (SSSR count). The number of hydrogen-bond acceptors (Lipinski definition) is 3. The zero-order valence-electron chi connectivity index (χ0n) is 12.6. The van der Waals surface area contributed by atoms with E-state index in [2.05, 4.69) is 17.2 Å². The van der Waals surface area contributed by atoms with Crippen LogP contribution in [-0.4, -0.2) is 17.6 Å². The van der Waals surface area contributed by atoms with Crippen molar-refractivity contribution in [3.63, 3.8) is 0 Å². The van der Waals surface area contributed by atoms with Crippen molar-refractivity contribution in [2.45, 2.75) is 32.1 Å². The molecule has 0 heterocycles. The van der Waals surface area contributed by atoms with Crippen LogP contribution in [0.4, 0.5) is 5.69 Å². The van der Waals surface area contributed by atoms with E-state index in [0.29, 0.717) is 11.7 Å². The Labute approximate surface area is 136 Å². The molecular formula is C17H22N2O2S. The molecule has 0 aliphatic heterocycles. The summed E-state index contributed by atoms with van der Waals surface area (Å²) in [6.45, 7) is 4.07. The zero-order chi connectivity index (χ0) is 15.8. The summed E-state index contributed by atoms with van der Waals surface area (Å²) in [5, 5.41) is 6.14. The molecule has 2 N–H and O–H groups in total. The first-order chi connectivity index (χ1) is 10.7. The Morgan fingerprint density at radius 1 is 1.36 bits per heavy atom. The maximum atomic E-state index is 12.1. The van der Waals surface area contributed by atoms with Crippen molar-refractivity contribution in [3.8, 4) is 5.75 Å². The van der Waals surface area contributed by atoms with E-state index >= 15 is 0 Å². The van der Waals surface area contributed by atoms with Gasteiger partial charge in [0.2, 0.25) is 5.91 Å². The van der Waals surface area contributed by atoms with E-state index in [0.717, 1.165) is 37.1 Å². The second-order valence-corrected chi connectivity index (χ2v) is 5.81. The van der Waals surface area contributed by atoms with Gasteiger partial charge in [0.15, 0.2) is 5.11 Å². The fourth-order valence-corrected chi connectivity index (χ4v) is 2.78. The van der Waals surface area contributed by atoms with Crippen molar-refractivity contribution in [1.82, 2.24) is 5.32 Å². The highest BCUT2D eigenvalue weighted by molar-refractivity contribution is 7.80. The van der Waals surface area contributed by atoms with Crippen molar-refractivity contribution in [2.24, 2.45) is 5.92 Å². The van der Waals surface area contributed by atoms with Crippen LogP contribution in [-0.2, 0) is 4.79 Å². The first kappa shape index (κ1) is 16.5. The number of carbonyl (C=O) groups excluding carboxylic acids is 1. The largest absolute Gasteiger partial charge is 0.489 e. The molecule has 1 aliphatic rings. The molecule has 1 amide bonds. The molecule has 0 saturated heterocycles. The van der Waals surface area contributed by atoms with Crippen LogP contribution < -0.4 is 15.4 Å². The highest BCUT2D eigenvalue weighted by atomic mass is 32.1. The lowest BCUT2D eigenvalue weighted by Crippen LogP contribution is -2.38. The lowest BCUT2D eigenvalue weighted by molar-refractivity contribution is -0.124. The van der Waals surface area contributed by atoms with Gasteiger partial charge >= 0.3 is 0 Å². The number of benzene rings is 1. The summed E-state index contributed by atoms with van der Waals surface area (Å²) in [6, 6.07) is 7.44. The van der Waals surface area contributed by atoms with Crippen LogP contribution in [0.3, 0.4) is 0 Å². The van der Waals surface area contributed by atoms with Gasteiger partial charge in [0.05, 0.1) is 0 Å². The highest BCUT2D eigenvalue weighted by Crippen LogP contribution is 2.23. The molecule has 0 unspecified atom stereocenters. The topological polar surface area (TPSA) is 50.4 Å². The molecule has 1 aliphatic carbocycles. The van der Waals surface area contributed by atoms with E-state index in [-0.39, 0.29) is 11.8 Å². The summed E-state index contributed by atoms with van der Waals surface area (Å²) in [6.07, 6.45) is 7.08. The predicted octanol–water partition coefficient (Wildman–Crippen LogP) is 3.64. The van der Waals surface area contributed by atoms with Gasteiger partial charge in [-0.2, -0.15) is 0 Å². The predicted molar refractivity (Wildman–Crippen MR) is 93.1 cm³/mol. The Morgan fingerprint density at radius 2 is 2.14 bits per heavy atom. The van der Waals surface area contributed by atoms with Crippen LogP contribution >= 0.6 is 12.2 Å². The number of carbonyl (C=O) groups is 1. The third kappa shape index (κ3) is 5.15. The van der Waals surface area contributed by atoms with E-state index in [1.807, 2.05) is 24.3 Å². The molecule has 0 aromatic heterocycles. The van der Waals surface area contributed by atoms with Crippen LogP contribution in [0.2, 0.25) is 0 Å². The number of anilines is 1. The number of thiocarbonyl (C=S) groups is 1. The smallest absolute Gasteiger partial charge is 0.229 e. The maximum Gasteiger partial charge on any atom is 0.229 e. The first-order valence-corrected chi connectivity index (χ1v) is 8.05. The van der Waals surface area contributed by atoms with Gasteiger partial charge in [0.1, 0.15) is 12.4 Å². The number of nitrogens with one attached hydrogen (secondary N) is 2. The van der Waals surface area contributed by atoms with E-state index < -0.39 is 0 Å². The van der Waals surface area contributed by atoms with Gasteiger partial charge in [-0.1, -0.05) is 38.0 Å². The standard InChI is InChI=1S/C17H22N2O2S/c1-2-11-21-15-10-6-9-14(12-15)18-17(22)19-16(20)13-7-4-3-5-8-13/h2,6,9-10,12-13H,1,3-5,7-8,11H2,(H2,18,19,20,22). The van der Waals surface area contributed by atoms with E-state index in [4.69, 9.17) is 17.0 Å². The van der Waals surface area contributed by atoms with Gasteiger partial charge in [-0.15, -0.1) is 0 Å². The van der Waals surface area contributed by atoms with Crippen molar-refractivity contribution < 1.29 is 9.53 Å². The average molecular weight is 318 g/mol. The fraction of sp³-hybridized carbons (Fsp3) is 0.412. The van der Waals surface area contributed by atoms with Gasteiger partial charge in [0, 0.05) is 17.7 Å². The minimum atomic E-state index is 0.0243. The third-order valence-corrected chi connectivity index (χ3v) is 3.88. The molecular weight excluding hydrogens is 296 g/mol. The Bertz CT molecular complexity index is 539.